The summed E-state index contributed by atoms with van der Waals surface area (Å²) in [6, 6.07) is 22.9. The van der Waals surface area contributed by atoms with Crippen LogP contribution >= 0.6 is 0 Å². The number of rotatable bonds is 9. The average molecular weight is 428 g/mol. The molecule has 0 aliphatic heterocycles. The van der Waals surface area contributed by atoms with Crippen LogP contribution in [0.15, 0.2) is 85.5 Å². The Morgan fingerprint density at radius 1 is 1.03 bits per heavy atom. The molecule has 0 spiro atoms. The topological polar surface area (TPSA) is 62.6 Å². The molecule has 0 unspecified atom stereocenters. The predicted octanol–water partition coefficient (Wildman–Crippen LogP) is 5.02. The number of hydrogen-bond acceptors (Lipinski definition) is 5. The first-order chi connectivity index (χ1) is 15.7. The number of para-hydroxylation sites is 1. The Kier molecular flexibility index (Phi) is 6.51. The quantitative estimate of drug-likeness (QED) is 0.277. The normalized spacial score (nSPS) is 10.7. The molecule has 0 N–H and O–H groups in total. The molecule has 1 heterocycles. The summed E-state index contributed by atoms with van der Waals surface area (Å²) in [5.41, 5.74) is 3.16. The van der Waals surface area contributed by atoms with Gasteiger partial charge in [-0.1, -0.05) is 43.0 Å². The third-order valence-corrected chi connectivity index (χ3v) is 5.01. The number of fused-ring (bicyclic) bond motifs is 1. The number of carbonyl (C=O) groups is 1. The summed E-state index contributed by atoms with van der Waals surface area (Å²) in [5, 5.41) is 0. The fourth-order valence-electron chi connectivity index (χ4n) is 3.39. The van der Waals surface area contributed by atoms with Gasteiger partial charge in [0.25, 0.3) is 0 Å². The van der Waals surface area contributed by atoms with E-state index in [9.17, 15) is 4.79 Å². The van der Waals surface area contributed by atoms with Gasteiger partial charge in [-0.25, -0.2) is 9.78 Å². The number of nitrogens with zero attached hydrogens (tertiary/aromatic N) is 2. The minimum Gasteiger partial charge on any atom is -0.497 e. The van der Waals surface area contributed by atoms with Crippen molar-refractivity contribution in [3.63, 3.8) is 0 Å². The van der Waals surface area contributed by atoms with Gasteiger partial charge in [-0.05, 0) is 48.0 Å². The highest BCUT2D eigenvalue weighted by Crippen LogP contribution is 2.22. The van der Waals surface area contributed by atoms with Crippen LogP contribution in [0, 0.1) is 0 Å². The van der Waals surface area contributed by atoms with E-state index in [0.29, 0.717) is 24.2 Å². The molecule has 0 saturated heterocycles. The molecule has 4 aromatic rings. The summed E-state index contributed by atoms with van der Waals surface area (Å²) in [7, 11) is 1.65. The minimum absolute atomic E-state index is 0.166. The van der Waals surface area contributed by atoms with Gasteiger partial charge in [0.2, 0.25) is 0 Å². The summed E-state index contributed by atoms with van der Waals surface area (Å²) in [6.07, 6.45) is 1.54. The molecule has 0 saturated carbocycles. The van der Waals surface area contributed by atoms with Crippen LogP contribution in [-0.2, 0) is 17.9 Å². The van der Waals surface area contributed by atoms with Crippen molar-refractivity contribution in [2.45, 2.75) is 13.2 Å². The van der Waals surface area contributed by atoms with Crippen LogP contribution in [0.1, 0.15) is 21.7 Å². The van der Waals surface area contributed by atoms with E-state index in [0.717, 1.165) is 28.4 Å². The summed E-state index contributed by atoms with van der Waals surface area (Å²) < 4.78 is 18.5. The molecule has 0 fully saturated rings. The van der Waals surface area contributed by atoms with Crippen molar-refractivity contribution in [1.29, 1.82) is 0 Å². The van der Waals surface area contributed by atoms with Crippen LogP contribution < -0.4 is 9.47 Å². The van der Waals surface area contributed by atoms with Crippen molar-refractivity contribution in [2.75, 3.05) is 13.7 Å². The number of ether oxygens (including phenoxy) is 3. The van der Waals surface area contributed by atoms with Crippen LogP contribution in [0.4, 0.5) is 0 Å². The van der Waals surface area contributed by atoms with Crippen molar-refractivity contribution < 1.29 is 19.0 Å². The van der Waals surface area contributed by atoms with Gasteiger partial charge in [0.1, 0.15) is 30.5 Å². The molecule has 0 radical (unpaired) electrons. The van der Waals surface area contributed by atoms with E-state index in [1.165, 1.54) is 0 Å². The number of carbonyl (C=O) groups excluding carboxylic acids is 1. The molecule has 4 rings (SSSR count). The van der Waals surface area contributed by atoms with Gasteiger partial charge >= 0.3 is 5.97 Å². The Morgan fingerprint density at radius 3 is 2.53 bits per heavy atom. The first-order valence-electron chi connectivity index (χ1n) is 10.3. The average Bonchev–Trinajstić information content (AvgIpc) is 3.18. The lowest BCUT2D eigenvalue weighted by Crippen LogP contribution is -2.08. The summed E-state index contributed by atoms with van der Waals surface area (Å²) in [4.78, 5) is 17.0. The molecule has 1 aromatic heterocycles. The summed E-state index contributed by atoms with van der Waals surface area (Å²) in [5.74, 6) is 1.93. The van der Waals surface area contributed by atoms with Crippen molar-refractivity contribution in [3.05, 3.63) is 102 Å². The maximum absolute atomic E-state index is 12.3. The Bertz CT molecular complexity index is 1210. The molecule has 0 aliphatic rings. The third kappa shape index (κ3) is 4.81. The van der Waals surface area contributed by atoms with Gasteiger partial charge in [0.05, 0.1) is 23.7 Å². The van der Waals surface area contributed by atoms with E-state index in [-0.39, 0.29) is 6.61 Å². The minimum atomic E-state index is -0.404. The van der Waals surface area contributed by atoms with Crippen molar-refractivity contribution in [3.8, 4) is 11.5 Å². The van der Waals surface area contributed by atoms with E-state index in [4.69, 9.17) is 19.2 Å². The molecule has 162 valence electrons. The zero-order valence-corrected chi connectivity index (χ0v) is 17.9. The highest BCUT2D eigenvalue weighted by molar-refractivity contribution is 5.93. The Hall–Kier alpha value is -4.06. The molecule has 0 aliphatic carbocycles. The molecular formula is C26H24N2O4. The molecule has 6 nitrogen and oxygen atoms in total. The van der Waals surface area contributed by atoms with Gasteiger partial charge in [0.15, 0.2) is 0 Å². The highest BCUT2D eigenvalue weighted by atomic mass is 16.5. The summed E-state index contributed by atoms with van der Waals surface area (Å²) in [6.45, 7) is 4.64. The molecule has 32 heavy (non-hydrogen) atoms. The first kappa shape index (κ1) is 21.2. The van der Waals surface area contributed by atoms with E-state index in [1.54, 1.807) is 25.3 Å². The smallest absolute Gasteiger partial charge is 0.338 e. The molecule has 6 heteroatoms. The molecule has 0 atom stereocenters. The number of aromatic nitrogens is 2. The van der Waals surface area contributed by atoms with Gasteiger partial charge < -0.3 is 18.8 Å². The second kappa shape index (κ2) is 9.83. The van der Waals surface area contributed by atoms with Gasteiger partial charge in [-0.2, -0.15) is 0 Å². The maximum Gasteiger partial charge on any atom is 0.338 e. The standard InChI is InChI=1S/C26H24N2O4/c1-3-15-31-26(29)20-11-14-24-23(16-20)27-25(18-32-22-7-5-4-6-8-22)28(24)17-19-9-12-21(30-2)13-10-19/h3-14,16H,1,15,17-18H2,2H3. The molecule has 0 amide bonds. The maximum atomic E-state index is 12.3. The lowest BCUT2D eigenvalue weighted by molar-refractivity contribution is 0.0550. The Morgan fingerprint density at radius 2 is 1.81 bits per heavy atom. The largest absolute Gasteiger partial charge is 0.497 e. The number of methoxy groups -OCH3 is 1. The monoisotopic (exact) mass is 428 g/mol. The molecule has 3 aromatic carbocycles. The molecular weight excluding hydrogens is 404 g/mol. The lowest BCUT2D eigenvalue weighted by Gasteiger charge is -2.11. The van der Waals surface area contributed by atoms with E-state index >= 15 is 0 Å². The van der Waals surface area contributed by atoms with Crippen LogP contribution in [0.3, 0.4) is 0 Å². The van der Waals surface area contributed by atoms with Crippen LogP contribution in [-0.4, -0.2) is 29.2 Å². The second-order valence-electron chi connectivity index (χ2n) is 7.15. The molecule has 0 bridgehead atoms. The predicted molar refractivity (Wildman–Crippen MR) is 123 cm³/mol. The van der Waals surface area contributed by atoms with Crippen molar-refractivity contribution in [2.24, 2.45) is 0 Å². The summed E-state index contributed by atoms with van der Waals surface area (Å²) >= 11 is 0. The highest BCUT2D eigenvalue weighted by Gasteiger charge is 2.15. The van der Waals surface area contributed by atoms with Gasteiger partial charge in [0, 0.05) is 6.54 Å². The van der Waals surface area contributed by atoms with Gasteiger partial charge in [-0.3, -0.25) is 0 Å². The van der Waals surface area contributed by atoms with E-state index < -0.39 is 5.97 Å². The zero-order valence-electron chi connectivity index (χ0n) is 17.9. The van der Waals surface area contributed by atoms with Crippen molar-refractivity contribution in [1.82, 2.24) is 9.55 Å². The van der Waals surface area contributed by atoms with Crippen LogP contribution in [0.5, 0.6) is 11.5 Å². The van der Waals surface area contributed by atoms with Crippen molar-refractivity contribution >= 4 is 17.0 Å². The fraction of sp³-hybridized carbons (Fsp3) is 0.154. The van der Waals surface area contributed by atoms with E-state index in [2.05, 4.69) is 11.1 Å². The van der Waals surface area contributed by atoms with E-state index in [1.807, 2.05) is 60.7 Å². The number of esters is 1. The number of benzene rings is 3. The zero-order chi connectivity index (χ0) is 22.3. The lowest BCUT2D eigenvalue weighted by atomic mass is 10.2. The Labute approximate surface area is 186 Å². The number of hydrogen-bond donors (Lipinski definition) is 0. The van der Waals surface area contributed by atoms with Crippen LogP contribution in [0.25, 0.3) is 11.0 Å². The first-order valence-corrected chi connectivity index (χ1v) is 10.3. The Balaban J connectivity index is 1.67. The second-order valence-corrected chi connectivity index (χ2v) is 7.15. The SMILES string of the molecule is C=CCOC(=O)c1ccc2c(c1)nc(COc1ccccc1)n2Cc1ccc(OC)cc1. The van der Waals surface area contributed by atoms with Crippen LogP contribution in [0.2, 0.25) is 0 Å². The fourth-order valence-corrected chi connectivity index (χ4v) is 3.39. The number of imidazole rings is 1. The third-order valence-electron chi connectivity index (χ3n) is 5.01. The van der Waals surface area contributed by atoms with Gasteiger partial charge in [-0.15, -0.1) is 0 Å².